The molecule has 0 aliphatic heterocycles. The molecular formula is C13H20ClN3O2. The highest BCUT2D eigenvalue weighted by atomic mass is 35.5. The van der Waals surface area contributed by atoms with Crippen LogP contribution in [0, 0.1) is 0 Å². The van der Waals surface area contributed by atoms with Gasteiger partial charge in [-0.05, 0) is 32.8 Å². The van der Waals surface area contributed by atoms with Gasteiger partial charge in [-0.25, -0.2) is 4.98 Å². The van der Waals surface area contributed by atoms with Crippen LogP contribution in [0.5, 0.6) is 0 Å². The Labute approximate surface area is 118 Å². The number of amides is 1. The maximum atomic E-state index is 11.8. The lowest BCUT2D eigenvalue weighted by atomic mass is 10.2. The maximum Gasteiger partial charge on any atom is 0.252 e. The number of aromatic nitrogens is 1. The molecule has 0 fully saturated rings. The number of nitrogens with zero attached hydrogens (tertiary/aromatic N) is 1. The molecule has 1 aromatic rings. The summed E-state index contributed by atoms with van der Waals surface area (Å²) in [6, 6.07) is 1.51. The number of ether oxygens (including phenoxy) is 1. The van der Waals surface area contributed by atoms with Gasteiger partial charge in [0, 0.05) is 19.3 Å². The van der Waals surface area contributed by atoms with Crippen LogP contribution in [0.4, 0.5) is 5.82 Å². The van der Waals surface area contributed by atoms with Crippen molar-refractivity contribution in [3.05, 3.63) is 22.8 Å². The molecule has 0 aliphatic rings. The second-order valence-corrected chi connectivity index (χ2v) is 4.88. The first-order valence-corrected chi connectivity index (χ1v) is 6.69. The molecule has 0 unspecified atom stereocenters. The molecule has 5 nitrogen and oxygen atoms in total. The van der Waals surface area contributed by atoms with Crippen molar-refractivity contribution in [1.82, 2.24) is 10.3 Å². The summed E-state index contributed by atoms with van der Waals surface area (Å²) in [6.45, 7) is 5.31. The Balaban J connectivity index is 2.26. The third-order valence-electron chi connectivity index (χ3n) is 2.44. The summed E-state index contributed by atoms with van der Waals surface area (Å²) in [7, 11) is 0. The zero-order valence-electron chi connectivity index (χ0n) is 11.3. The summed E-state index contributed by atoms with van der Waals surface area (Å²) in [4.78, 5) is 15.6. The minimum absolute atomic E-state index is 0.195. The van der Waals surface area contributed by atoms with E-state index in [0.717, 1.165) is 12.8 Å². The van der Waals surface area contributed by atoms with Crippen molar-refractivity contribution < 1.29 is 9.53 Å². The number of rotatable bonds is 7. The lowest BCUT2D eigenvalue weighted by molar-refractivity contribution is 0.0754. The number of nitrogens with one attached hydrogen (secondary N) is 1. The first-order chi connectivity index (χ1) is 9.00. The van der Waals surface area contributed by atoms with Gasteiger partial charge in [-0.15, -0.1) is 0 Å². The minimum Gasteiger partial charge on any atom is -0.382 e. The normalized spacial score (nSPS) is 10.7. The molecule has 19 heavy (non-hydrogen) atoms. The van der Waals surface area contributed by atoms with Crippen molar-refractivity contribution in [2.45, 2.75) is 32.8 Å². The molecule has 1 amide bonds. The van der Waals surface area contributed by atoms with Crippen molar-refractivity contribution in [2.24, 2.45) is 0 Å². The fraction of sp³-hybridized carbons (Fsp3) is 0.538. The van der Waals surface area contributed by atoms with Gasteiger partial charge < -0.3 is 15.8 Å². The lowest BCUT2D eigenvalue weighted by Crippen LogP contribution is -2.25. The Hall–Kier alpha value is -1.33. The van der Waals surface area contributed by atoms with Crippen molar-refractivity contribution in [3.63, 3.8) is 0 Å². The van der Waals surface area contributed by atoms with E-state index in [0.29, 0.717) is 18.7 Å². The molecule has 1 heterocycles. The number of nitrogens with two attached hydrogens (primary N) is 1. The van der Waals surface area contributed by atoms with Crippen LogP contribution >= 0.6 is 11.6 Å². The molecule has 1 aromatic heterocycles. The van der Waals surface area contributed by atoms with E-state index in [2.05, 4.69) is 10.3 Å². The largest absolute Gasteiger partial charge is 0.382 e. The summed E-state index contributed by atoms with van der Waals surface area (Å²) in [5.74, 6) is 0.0308. The average molecular weight is 286 g/mol. The Morgan fingerprint density at radius 3 is 2.89 bits per heavy atom. The molecule has 0 radical (unpaired) electrons. The predicted octanol–water partition coefficient (Wildman–Crippen LogP) is 2.25. The summed E-state index contributed by atoms with van der Waals surface area (Å²) >= 11 is 5.81. The van der Waals surface area contributed by atoms with E-state index in [1.165, 1.54) is 12.3 Å². The second kappa shape index (κ2) is 7.96. The van der Waals surface area contributed by atoms with Gasteiger partial charge in [0.05, 0.1) is 16.7 Å². The molecule has 0 saturated heterocycles. The maximum absolute atomic E-state index is 11.8. The monoisotopic (exact) mass is 285 g/mol. The number of hydrogen-bond acceptors (Lipinski definition) is 4. The Morgan fingerprint density at radius 2 is 2.26 bits per heavy atom. The van der Waals surface area contributed by atoms with Gasteiger partial charge in [0.15, 0.2) is 0 Å². The molecule has 0 saturated carbocycles. The fourth-order valence-corrected chi connectivity index (χ4v) is 1.59. The first kappa shape index (κ1) is 15.7. The number of pyridine rings is 1. The molecular weight excluding hydrogens is 266 g/mol. The highest BCUT2D eigenvalue weighted by molar-refractivity contribution is 6.33. The van der Waals surface area contributed by atoms with Gasteiger partial charge in [-0.3, -0.25) is 4.79 Å². The van der Waals surface area contributed by atoms with Gasteiger partial charge in [-0.1, -0.05) is 11.6 Å². The van der Waals surface area contributed by atoms with Gasteiger partial charge in [0.1, 0.15) is 5.82 Å². The van der Waals surface area contributed by atoms with Crippen LogP contribution in [0.3, 0.4) is 0 Å². The van der Waals surface area contributed by atoms with E-state index < -0.39 is 0 Å². The molecule has 0 aliphatic carbocycles. The van der Waals surface area contributed by atoms with Crippen molar-refractivity contribution >= 4 is 23.3 Å². The second-order valence-electron chi connectivity index (χ2n) is 4.47. The van der Waals surface area contributed by atoms with Gasteiger partial charge in [0.2, 0.25) is 0 Å². The van der Waals surface area contributed by atoms with Crippen LogP contribution in [0.25, 0.3) is 0 Å². The van der Waals surface area contributed by atoms with E-state index >= 15 is 0 Å². The smallest absolute Gasteiger partial charge is 0.252 e. The summed E-state index contributed by atoms with van der Waals surface area (Å²) < 4.78 is 5.41. The van der Waals surface area contributed by atoms with Gasteiger partial charge >= 0.3 is 0 Å². The molecule has 0 atom stereocenters. The molecule has 3 N–H and O–H groups in total. The Morgan fingerprint density at radius 1 is 1.53 bits per heavy atom. The molecule has 0 spiro atoms. The van der Waals surface area contributed by atoms with Gasteiger partial charge in [-0.2, -0.15) is 0 Å². The Kier molecular flexibility index (Phi) is 6.59. The van der Waals surface area contributed by atoms with E-state index in [9.17, 15) is 4.79 Å². The summed E-state index contributed by atoms with van der Waals surface area (Å²) in [6.07, 6.45) is 3.45. The van der Waals surface area contributed by atoms with Crippen molar-refractivity contribution in [1.29, 1.82) is 0 Å². The van der Waals surface area contributed by atoms with Crippen LogP contribution in [0.2, 0.25) is 5.02 Å². The van der Waals surface area contributed by atoms with E-state index in [1.807, 2.05) is 13.8 Å². The lowest BCUT2D eigenvalue weighted by Gasteiger charge is -2.08. The average Bonchev–Trinajstić information content (AvgIpc) is 2.36. The minimum atomic E-state index is -0.195. The van der Waals surface area contributed by atoms with Crippen LogP contribution in [0.1, 0.15) is 37.0 Å². The molecule has 1 rings (SSSR count). The third-order valence-corrected chi connectivity index (χ3v) is 2.74. The van der Waals surface area contributed by atoms with E-state index in [-0.39, 0.29) is 22.9 Å². The molecule has 0 bridgehead atoms. The van der Waals surface area contributed by atoms with Crippen LogP contribution < -0.4 is 11.1 Å². The zero-order valence-corrected chi connectivity index (χ0v) is 12.0. The number of hydrogen-bond donors (Lipinski definition) is 2. The summed E-state index contributed by atoms with van der Waals surface area (Å²) in [5, 5.41) is 3.09. The number of anilines is 1. The predicted molar refractivity (Wildman–Crippen MR) is 76.3 cm³/mol. The highest BCUT2D eigenvalue weighted by Crippen LogP contribution is 2.16. The zero-order chi connectivity index (χ0) is 14.3. The fourth-order valence-electron chi connectivity index (χ4n) is 1.42. The highest BCUT2D eigenvalue weighted by Gasteiger charge is 2.07. The standard InChI is InChI=1S/C13H20ClN3O2/c1-9(2)19-6-4-3-5-16-13(18)10-7-11(14)12(15)17-8-10/h7-9H,3-6H2,1-2H3,(H2,15,17)(H,16,18). The quantitative estimate of drug-likeness (QED) is 0.753. The third kappa shape index (κ3) is 5.89. The van der Waals surface area contributed by atoms with Crippen LogP contribution in [-0.4, -0.2) is 30.1 Å². The molecule has 6 heteroatoms. The Bertz CT molecular complexity index is 424. The molecule has 0 aromatic carbocycles. The topological polar surface area (TPSA) is 77.2 Å². The SMILES string of the molecule is CC(C)OCCCCNC(=O)c1cnc(N)c(Cl)c1. The number of nitrogen functional groups attached to an aromatic ring is 1. The summed E-state index contributed by atoms with van der Waals surface area (Å²) in [5.41, 5.74) is 5.89. The van der Waals surface area contributed by atoms with E-state index in [4.69, 9.17) is 22.1 Å². The number of carbonyl (C=O) groups is 1. The van der Waals surface area contributed by atoms with Crippen molar-refractivity contribution in [2.75, 3.05) is 18.9 Å². The van der Waals surface area contributed by atoms with Crippen LogP contribution in [0.15, 0.2) is 12.3 Å². The van der Waals surface area contributed by atoms with Gasteiger partial charge in [0.25, 0.3) is 5.91 Å². The van der Waals surface area contributed by atoms with E-state index in [1.54, 1.807) is 0 Å². The number of carbonyl (C=O) groups excluding carboxylic acids is 1. The molecule has 106 valence electrons. The van der Waals surface area contributed by atoms with Crippen LogP contribution in [-0.2, 0) is 4.74 Å². The number of unbranched alkanes of at least 4 members (excludes halogenated alkanes) is 1. The number of halogens is 1. The van der Waals surface area contributed by atoms with Crippen molar-refractivity contribution in [3.8, 4) is 0 Å². The first-order valence-electron chi connectivity index (χ1n) is 6.31.